The van der Waals surface area contributed by atoms with Gasteiger partial charge in [-0.1, -0.05) is 18.2 Å². The minimum atomic E-state index is -0.280. The minimum absolute atomic E-state index is 0.0276. The van der Waals surface area contributed by atoms with Crippen LogP contribution >= 0.6 is 11.3 Å². The fraction of sp³-hybridized carbons (Fsp3) is 0.227. The van der Waals surface area contributed by atoms with Crippen molar-refractivity contribution >= 4 is 23.2 Å². The number of pyridine rings is 1. The van der Waals surface area contributed by atoms with Gasteiger partial charge in [0.05, 0.1) is 11.3 Å². The zero-order valence-electron chi connectivity index (χ0n) is 15.8. The van der Waals surface area contributed by atoms with E-state index in [0.29, 0.717) is 31.1 Å². The third kappa shape index (κ3) is 4.51. The monoisotopic (exact) mass is 409 g/mol. The second-order valence-electron chi connectivity index (χ2n) is 6.84. The second kappa shape index (κ2) is 8.53. The average molecular weight is 409 g/mol. The molecular weight excluding hydrogens is 389 g/mol. The van der Waals surface area contributed by atoms with E-state index in [1.807, 2.05) is 30.3 Å². The van der Waals surface area contributed by atoms with Crippen LogP contribution in [0.1, 0.15) is 15.4 Å². The third-order valence-electron chi connectivity index (χ3n) is 4.92. The molecule has 1 aromatic carbocycles. The standard InChI is InChI=1S/C22H20FN3O2S/c23-17-6-4-16(5-7-17)19-8-9-20(29-19)22(28)26-13-11-25(12-14-26)21(27)15-18-3-1-2-10-24-18/h1-10H,11-15H2. The molecule has 1 aliphatic rings. The molecule has 4 rings (SSSR count). The van der Waals surface area contributed by atoms with Gasteiger partial charge < -0.3 is 9.80 Å². The van der Waals surface area contributed by atoms with Crippen LogP contribution in [0.25, 0.3) is 10.4 Å². The number of carbonyl (C=O) groups is 2. The lowest BCUT2D eigenvalue weighted by Gasteiger charge is -2.34. The molecule has 3 heterocycles. The average Bonchev–Trinajstić information content (AvgIpc) is 3.25. The van der Waals surface area contributed by atoms with Crippen molar-refractivity contribution in [2.45, 2.75) is 6.42 Å². The summed E-state index contributed by atoms with van der Waals surface area (Å²) in [5.41, 5.74) is 1.64. The van der Waals surface area contributed by atoms with Crippen LogP contribution in [0.15, 0.2) is 60.8 Å². The van der Waals surface area contributed by atoms with Crippen molar-refractivity contribution < 1.29 is 14.0 Å². The lowest BCUT2D eigenvalue weighted by atomic mass is 10.2. The Kier molecular flexibility index (Phi) is 5.67. The summed E-state index contributed by atoms with van der Waals surface area (Å²) in [4.78, 5) is 34.6. The molecule has 0 spiro atoms. The maximum Gasteiger partial charge on any atom is 0.264 e. The Morgan fingerprint density at radius 1 is 0.931 bits per heavy atom. The first kappa shape index (κ1) is 19.3. The summed E-state index contributed by atoms with van der Waals surface area (Å²) in [6.07, 6.45) is 1.96. The number of piperazine rings is 1. The molecule has 5 nitrogen and oxygen atoms in total. The van der Waals surface area contributed by atoms with E-state index >= 15 is 0 Å². The Bertz CT molecular complexity index is 996. The molecule has 0 bridgehead atoms. The predicted molar refractivity (Wildman–Crippen MR) is 110 cm³/mol. The normalized spacial score (nSPS) is 14.1. The summed E-state index contributed by atoms with van der Waals surface area (Å²) in [5, 5.41) is 0. The number of hydrogen-bond donors (Lipinski definition) is 0. The molecule has 7 heteroatoms. The van der Waals surface area contributed by atoms with Gasteiger partial charge in [-0.25, -0.2) is 4.39 Å². The van der Waals surface area contributed by atoms with Crippen molar-refractivity contribution in [3.8, 4) is 10.4 Å². The zero-order valence-corrected chi connectivity index (χ0v) is 16.6. The van der Waals surface area contributed by atoms with Crippen molar-refractivity contribution in [2.24, 2.45) is 0 Å². The highest BCUT2D eigenvalue weighted by atomic mass is 32.1. The summed E-state index contributed by atoms with van der Waals surface area (Å²) in [6.45, 7) is 2.06. The molecule has 2 amide bonds. The van der Waals surface area contributed by atoms with Crippen LogP contribution in [-0.4, -0.2) is 52.8 Å². The van der Waals surface area contributed by atoms with Crippen LogP contribution in [0.2, 0.25) is 0 Å². The highest BCUT2D eigenvalue weighted by Gasteiger charge is 2.26. The quantitative estimate of drug-likeness (QED) is 0.663. The van der Waals surface area contributed by atoms with Gasteiger partial charge in [-0.05, 0) is 42.0 Å². The number of aromatic nitrogens is 1. The van der Waals surface area contributed by atoms with Crippen molar-refractivity contribution in [3.63, 3.8) is 0 Å². The van der Waals surface area contributed by atoms with E-state index in [4.69, 9.17) is 0 Å². The second-order valence-corrected chi connectivity index (χ2v) is 7.93. The maximum atomic E-state index is 13.1. The number of thiophene rings is 1. The number of benzene rings is 1. The number of halogens is 1. The SMILES string of the molecule is O=C(Cc1ccccn1)N1CCN(C(=O)c2ccc(-c3ccc(F)cc3)s2)CC1. The largest absolute Gasteiger partial charge is 0.339 e. The molecule has 1 saturated heterocycles. The molecule has 0 aliphatic carbocycles. The van der Waals surface area contributed by atoms with E-state index in [9.17, 15) is 14.0 Å². The first-order chi connectivity index (χ1) is 14.1. The van der Waals surface area contributed by atoms with Crippen LogP contribution < -0.4 is 0 Å². The van der Waals surface area contributed by atoms with Gasteiger partial charge in [0.25, 0.3) is 5.91 Å². The van der Waals surface area contributed by atoms with Crippen LogP contribution in [0.3, 0.4) is 0 Å². The summed E-state index contributed by atoms with van der Waals surface area (Å²) in [5.74, 6) is -0.275. The van der Waals surface area contributed by atoms with Gasteiger partial charge in [-0.15, -0.1) is 11.3 Å². The van der Waals surface area contributed by atoms with Gasteiger partial charge in [0, 0.05) is 42.9 Å². The number of rotatable bonds is 4. The Morgan fingerprint density at radius 2 is 1.66 bits per heavy atom. The fourth-order valence-electron chi connectivity index (χ4n) is 3.31. The Labute approximate surface area is 172 Å². The molecule has 29 heavy (non-hydrogen) atoms. The topological polar surface area (TPSA) is 53.5 Å². The maximum absolute atomic E-state index is 13.1. The zero-order chi connectivity index (χ0) is 20.2. The van der Waals surface area contributed by atoms with Crippen molar-refractivity contribution in [1.82, 2.24) is 14.8 Å². The summed E-state index contributed by atoms with van der Waals surface area (Å²) in [7, 11) is 0. The fourth-order valence-corrected chi connectivity index (χ4v) is 4.29. The van der Waals surface area contributed by atoms with Gasteiger partial charge in [-0.3, -0.25) is 14.6 Å². The summed E-state index contributed by atoms with van der Waals surface area (Å²) < 4.78 is 13.1. The summed E-state index contributed by atoms with van der Waals surface area (Å²) in [6, 6.07) is 15.5. The molecule has 2 aromatic heterocycles. The van der Waals surface area contributed by atoms with Gasteiger partial charge in [0.2, 0.25) is 5.91 Å². The number of amides is 2. The minimum Gasteiger partial charge on any atom is -0.339 e. The first-order valence-corrected chi connectivity index (χ1v) is 10.2. The van der Waals surface area contributed by atoms with Gasteiger partial charge in [0.1, 0.15) is 5.82 Å². The molecule has 0 unspecified atom stereocenters. The molecule has 0 N–H and O–H groups in total. The lowest BCUT2D eigenvalue weighted by Crippen LogP contribution is -2.50. The lowest BCUT2D eigenvalue weighted by molar-refractivity contribution is -0.132. The Balaban J connectivity index is 1.34. The number of hydrogen-bond acceptors (Lipinski definition) is 4. The van der Waals surface area contributed by atoms with Crippen LogP contribution in [0.5, 0.6) is 0 Å². The van der Waals surface area contributed by atoms with E-state index in [2.05, 4.69) is 4.98 Å². The van der Waals surface area contributed by atoms with E-state index in [-0.39, 0.29) is 24.1 Å². The van der Waals surface area contributed by atoms with Crippen molar-refractivity contribution in [3.05, 3.63) is 77.2 Å². The Morgan fingerprint density at radius 3 is 2.34 bits per heavy atom. The van der Waals surface area contributed by atoms with Crippen LogP contribution in [0, 0.1) is 5.82 Å². The molecule has 148 valence electrons. The molecule has 0 saturated carbocycles. The molecule has 3 aromatic rings. The van der Waals surface area contributed by atoms with E-state index in [1.54, 1.807) is 28.1 Å². The van der Waals surface area contributed by atoms with Crippen LogP contribution in [0.4, 0.5) is 4.39 Å². The van der Waals surface area contributed by atoms with E-state index < -0.39 is 0 Å². The van der Waals surface area contributed by atoms with Gasteiger partial charge in [0.15, 0.2) is 0 Å². The van der Waals surface area contributed by atoms with Crippen LogP contribution in [-0.2, 0) is 11.2 Å². The van der Waals surface area contributed by atoms with E-state index in [0.717, 1.165) is 16.1 Å². The Hall–Kier alpha value is -3.06. The van der Waals surface area contributed by atoms with Crippen molar-refractivity contribution in [2.75, 3.05) is 26.2 Å². The molecular formula is C22H20FN3O2S. The highest BCUT2D eigenvalue weighted by molar-refractivity contribution is 7.17. The van der Waals surface area contributed by atoms with E-state index in [1.165, 1.54) is 23.5 Å². The molecule has 1 fully saturated rings. The third-order valence-corrected chi connectivity index (χ3v) is 6.05. The van der Waals surface area contributed by atoms with Gasteiger partial charge >= 0.3 is 0 Å². The number of nitrogens with zero attached hydrogens (tertiary/aromatic N) is 3. The molecule has 0 radical (unpaired) electrons. The summed E-state index contributed by atoms with van der Waals surface area (Å²) >= 11 is 1.40. The van der Waals surface area contributed by atoms with Gasteiger partial charge in [-0.2, -0.15) is 0 Å². The molecule has 0 atom stereocenters. The molecule has 1 aliphatic heterocycles. The first-order valence-electron chi connectivity index (χ1n) is 9.43. The smallest absolute Gasteiger partial charge is 0.264 e. The highest BCUT2D eigenvalue weighted by Crippen LogP contribution is 2.29. The number of carbonyl (C=O) groups excluding carboxylic acids is 2. The van der Waals surface area contributed by atoms with Crippen molar-refractivity contribution in [1.29, 1.82) is 0 Å². The predicted octanol–water partition coefficient (Wildman–Crippen LogP) is 3.48.